The zero-order chi connectivity index (χ0) is 26.1. The van der Waals surface area contributed by atoms with Crippen molar-refractivity contribution in [1.29, 1.82) is 0 Å². The van der Waals surface area contributed by atoms with Crippen molar-refractivity contribution in [2.24, 2.45) is 5.73 Å². The van der Waals surface area contributed by atoms with Crippen LogP contribution in [0.4, 0.5) is 9.18 Å². The maximum atomic E-state index is 13.4. The third-order valence-corrected chi connectivity index (χ3v) is 7.50. The molecule has 5 rings (SSSR count). The molecule has 3 heterocycles. The van der Waals surface area contributed by atoms with Gasteiger partial charge in [-0.1, -0.05) is 24.6 Å². The van der Waals surface area contributed by atoms with Gasteiger partial charge in [-0.3, -0.25) is 14.8 Å². The molecule has 1 aromatic carbocycles. The first-order chi connectivity index (χ1) is 17.9. The second kappa shape index (κ2) is 10.6. The molecule has 0 bridgehead atoms. The predicted octanol–water partition coefficient (Wildman–Crippen LogP) is 4.28. The minimum absolute atomic E-state index is 0.122. The Kier molecular flexibility index (Phi) is 7.26. The number of carbonyl (C=O) groups is 2. The first kappa shape index (κ1) is 25.4. The molecule has 37 heavy (non-hydrogen) atoms. The molecule has 1 fully saturated rings. The van der Waals surface area contributed by atoms with Gasteiger partial charge in [0, 0.05) is 41.3 Å². The van der Waals surface area contributed by atoms with Gasteiger partial charge in [0.1, 0.15) is 5.82 Å². The molecule has 2 N–H and O–H groups in total. The first-order valence-corrected chi connectivity index (χ1v) is 12.9. The molecule has 2 amide bonds. The molecular weight excluding hydrogens is 497 g/mol. The van der Waals surface area contributed by atoms with Crippen LogP contribution in [0.15, 0.2) is 36.5 Å². The van der Waals surface area contributed by atoms with Crippen molar-refractivity contribution in [2.45, 2.75) is 44.7 Å². The van der Waals surface area contributed by atoms with Crippen LogP contribution in [0.25, 0.3) is 10.9 Å². The number of hydrogen-bond acceptors (Lipinski definition) is 6. The Morgan fingerprint density at radius 1 is 1.24 bits per heavy atom. The van der Waals surface area contributed by atoms with E-state index in [-0.39, 0.29) is 24.2 Å². The van der Waals surface area contributed by atoms with Gasteiger partial charge in [0.15, 0.2) is 0 Å². The number of nitrogens with zero attached hydrogens (tertiary/aromatic N) is 4. The molecule has 2 aliphatic rings. The van der Waals surface area contributed by atoms with Gasteiger partial charge in [-0.2, -0.15) is 0 Å². The first-order valence-electron chi connectivity index (χ1n) is 12.6. The second-order valence-electron chi connectivity index (χ2n) is 9.55. The molecule has 1 saturated heterocycles. The average Bonchev–Trinajstić information content (AvgIpc) is 2.91. The van der Waals surface area contributed by atoms with Gasteiger partial charge in [0.2, 0.25) is 0 Å². The standard InChI is InChI=1S/C27H29ClFN5O3/c1-2-11-37-27(36)33-9-10-34(24(30)15-33)26(35)17-4-7-20-23(13-17)32-22-12-16(3-6-19(22)25(20)28)21-8-5-18(29)14-31-21/h4-5,7-8,13-14,16,24H,2-3,6,9-12,15,30H2,1H3/t16?,24-/m0/s1. The fourth-order valence-corrected chi connectivity index (χ4v) is 5.44. The van der Waals surface area contributed by atoms with Crippen molar-refractivity contribution in [3.63, 3.8) is 0 Å². The smallest absolute Gasteiger partial charge is 0.409 e. The van der Waals surface area contributed by atoms with E-state index in [1.54, 1.807) is 23.1 Å². The molecule has 1 aliphatic heterocycles. The van der Waals surface area contributed by atoms with Gasteiger partial charge in [-0.25, -0.2) is 9.18 Å². The van der Waals surface area contributed by atoms with Crippen LogP contribution in [0.3, 0.4) is 0 Å². The summed E-state index contributed by atoms with van der Waals surface area (Å²) < 4.78 is 18.5. The van der Waals surface area contributed by atoms with E-state index in [0.717, 1.165) is 41.6 Å². The van der Waals surface area contributed by atoms with Crippen molar-refractivity contribution < 1.29 is 18.7 Å². The monoisotopic (exact) mass is 525 g/mol. The Labute approximate surface area is 219 Å². The summed E-state index contributed by atoms with van der Waals surface area (Å²) in [6.45, 7) is 3.15. The van der Waals surface area contributed by atoms with Crippen molar-refractivity contribution in [2.75, 3.05) is 26.2 Å². The fourth-order valence-electron chi connectivity index (χ4n) is 5.08. The molecular formula is C27H29ClFN5O3. The summed E-state index contributed by atoms with van der Waals surface area (Å²) in [5.74, 6) is -0.459. The topological polar surface area (TPSA) is 102 Å². The fraction of sp³-hybridized carbons (Fsp3) is 0.407. The zero-order valence-corrected chi connectivity index (χ0v) is 21.4. The van der Waals surface area contributed by atoms with E-state index in [1.165, 1.54) is 17.2 Å². The van der Waals surface area contributed by atoms with Crippen LogP contribution in [0.1, 0.15) is 53.0 Å². The summed E-state index contributed by atoms with van der Waals surface area (Å²) in [6.07, 6.45) is 3.17. The minimum Gasteiger partial charge on any atom is -0.449 e. The molecule has 1 aliphatic carbocycles. The van der Waals surface area contributed by atoms with Crippen LogP contribution in [0, 0.1) is 5.82 Å². The minimum atomic E-state index is -0.643. The number of benzene rings is 1. The lowest BCUT2D eigenvalue weighted by Crippen LogP contribution is -2.60. The largest absolute Gasteiger partial charge is 0.449 e. The average molecular weight is 526 g/mol. The van der Waals surface area contributed by atoms with Gasteiger partial charge in [-0.15, -0.1) is 0 Å². The third kappa shape index (κ3) is 5.10. The van der Waals surface area contributed by atoms with Crippen LogP contribution in [0.5, 0.6) is 0 Å². The summed E-state index contributed by atoms with van der Waals surface area (Å²) in [5, 5.41) is 1.45. The molecule has 8 nitrogen and oxygen atoms in total. The molecule has 2 atom stereocenters. The van der Waals surface area contributed by atoms with E-state index < -0.39 is 12.3 Å². The molecule has 1 unspecified atom stereocenters. The van der Waals surface area contributed by atoms with Crippen LogP contribution in [-0.4, -0.2) is 64.2 Å². The molecule has 0 spiro atoms. The maximum Gasteiger partial charge on any atom is 0.409 e. The van der Waals surface area contributed by atoms with Gasteiger partial charge in [0.25, 0.3) is 5.91 Å². The van der Waals surface area contributed by atoms with Crippen molar-refractivity contribution in [3.05, 3.63) is 69.9 Å². The number of pyridine rings is 2. The highest BCUT2D eigenvalue weighted by Crippen LogP contribution is 2.37. The molecule has 0 radical (unpaired) electrons. The van der Waals surface area contributed by atoms with E-state index in [9.17, 15) is 14.0 Å². The van der Waals surface area contributed by atoms with Crippen LogP contribution in [0.2, 0.25) is 5.02 Å². The Morgan fingerprint density at radius 2 is 2.08 bits per heavy atom. The van der Waals surface area contributed by atoms with Gasteiger partial charge in [-0.05, 0) is 55.5 Å². The van der Waals surface area contributed by atoms with Gasteiger partial charge in [0.05, 0.1) is 36.1 Å². The Hall–Kier alpha value is -3.30. The van der Waals surface area contributed by atoms with E-state index in [1.807, 2.05) is 13.0 Å². The number of carbonyl (C=O) groups excluding carboxylic acids is 2. The van der Waals surface area contributed by atoms with Crippen LogP contribution in [-0.2, 0) is 17.6 Å². The van der Waals surface area contributed by atoms with E-state index in [2.05, 4.69) is 4.98 Å². The summed E-state index contributed by atoms with van der Waals surface area (Å²) >= 11 is 6.79. The Bertz CT molecular complexity index is 1340. The van der Waals surface area contributed by atoms with E-state index in [4.69, 9.17) is 27.1 Å². The summed E-state index contributed by atoms with van der Waals surface area (Å²) in [5.41, 5.74) is 10.1. The molecule has 3 aromatic rings. The normalized spacial score (nSPS) is 19.6. The number of rotatable bonds is 4. The second-order valence-corrected chi connectivity index (χ2v) is 9.93. The third-order valence-electron chi connectivity index (χ3n) is 7.07. The lowest BCUT2D eigenvalue weighted by atomic mass is 9.84. The lowest BCUT2D eigenvalue weighted by Gasteiger charge is -2.39. The summed E-state index contributed by atoms with van der Waals surface area (Å²) in [7, 11) is 0. The van der Waals surface area contributed by atoms with Crippen LogP contribution >= 0.6 is 11.6 Å². The number of fused-ring (bicyclic) bond motifs is 2. The highest BCUT2D eigenvalue weighted by atomic mass is 35.5. The van der Waals surface area contributed by atoms with E-state index in [0.29, 0.717) is 42.2 Å². The Balaban J connectivity index is 1.36. The number of ether oxygens (including phenoxy) is 1. The number of nitrogens with two attached hydrogens (primary N) is 1. The van der Waals surface area contributed by atoms with Gasteiger partial charge >= 0.3 is 6.09 Å². The maximum absolute atomic E-state index is 13.4. The van der Waals surface area contributed by atoms with E-state index >= 15 is 0 Å². The molecule has 0 saturated carbocycles. The number of halogens is 2. The number of hydrogen-bond donors (Lipinski definition) is 1. The number of aromatic nitrogens is 2. The molecule has 194 valence electrons. The number of amides is 2. The highest BCUT2D eigenvalue weighted by molar-refractivity contribution is 6.36. The molecule has 10 heteroatoms. The molecule has 2 aromatic heterocycles. The number of piperazine rings is 1. The van der Waals surface area contributed by atoms with Gasteiger partial charge < -0.3 is 20.3 Å². The summed E-state index contributed by atoms with van der Waals surface area (Å²) in [6, 6.07) is 8.47. The highest BCUT2D eigenvalue weighted by Gasteiger charge is 2.32. The predicted molar refractivity (Wildman–Crippen MR) is 138 cm³/mol. The van der Waals surface area contributed by atoms with Crippen LogP contribution < -0.4 is 5.73 Å². The lowest BCUT2D eigenvalue weighted by molar-refractivity contribution is 0.0392. The van der Waals surface area contributed by atoms with Crippen molar-refractivity contribution in [1.82, 2.24) is 19.8 Å². The SMILES string of the molecule is CCCOC(=O)N1CCN(C(=O)c2ccc3c(Cl)c4c(nc3c2)CC(c2ccc(F)cn2)CC4)[C@H](N)C1. The van der Waals surface area contributed by atoms with Crippen molar-refractivity contribution in [3.8, 4) is 0 Å². The van der Waals surface area contributed by atoms with Crippen molar-refractivity contribution >= 4 is 34.5 Å². The quantitative estimate of drug-likeness (QED) is 0.545. The summed E-state index contributed by atoms with van der Waals surface area (Å²) in [4.78, 5) is 37.8. The Morgan fingerprint density at radius 3 is 2.81 bits per heavy atom. The zero-order valence-electron chi connectivity index (χ0n) is 20.6.